The molecule has 1 fully saturated rings. The SMILES string of the molecule is CC.CCc1cccc(N2CCNC(C(F)(F)F)C2)c1. The molecule has 1 aliphatic heterocycles. The van der Waals surface area contributed by atoms with Crippen molar-refractivity contribution in [2.45, 2.75) is 39.4 Å². The molecule has 114 valence electrons. The van der Waals surface area contributed by atoms with E-state index >= 15 is 0 Å². The van der Waals surface area contributed by atoms with E-state index in [1.165, 1.54) is 0 Å². The van der Waals surface area contributed by atoms with Gasteiger partial charge in [0.05, 0.1) is 0 Å². The Morgan fingerprint density at radius 1 is 1.30 bits per heavy atom. The van der Waals surface area contributed by atoms with Crippen molar-refractivity contribution in [1.29, 1.82) is 0 Å². The van der Waals surface area contributed by atoms with E-state index in [1.807, 2.05) is 45.0 Å². The van der Waals surface area contributed by atoms with Crippen LogP contribution in [0.3, 0.4) is 0 Å². The first-order chi connectivity index (χ1) is 9.50. The highest BCUT2D eigenvalue weighted by atomic mass is 19.4. The lowest BCUT2D eigenvalue weighted by Gasteiger charge is -2.36. The zero-order valence-electron chi connectivity index (χ0n) is 12.3. The number of hydrogen-bond donors (Lipinski definition) is 1. The maximum absolute atomic E-state index is 12.7. The van der Waals surface area contributed by atoms with Crippen molar-refractivity contribution in [1.82, 2.24) is 5.32 Å². The third-order valence-corrected chi connectivity index (χ3v) is 3.25. The molecule has 1 N–H and O–H groups in total. The molecule has 1 aromatic rings. The molecule has 0 spiro atoms. The zero-order chi connectivity index (χ0) is 15.2. The lowest BCUT2D eigenvalue weighted by molar-refractivity contribution is -0.155. The molecule has 0 amide bonds. The van der Waals surface area contributed by atoms with Crippen LogP contribution in [0.15, 0.2) is 24.3 Å². The molecular formula is C15H23F3N2. The molecule has 0 radical (unpaired) electrons. The van der Waals surface area contributed by atoms with Gasteiger partial charge in [0.15, 0.2) is 0 Å². The maximum atomic E-state index is 12.7. The first kappa shape index (κ1) is 16.8. The molecule has 0 bridgehead atoms. The number of anilines is 1. The first-order valence-corrected chi connectivity index (χ1v) is 7.14. The molecule has 1 saturated heterocycles. The summed E-state index contributed by atoms with van der Waals surface area (Å²) in [6.07, 6.45) is -3.29. The summed E-state index contributed by atoms with van der Waals surface area (Å²) in [5.41, 5.74) is 2.03. The molecule has 20 heavy (non-hydrogen) atoms. The predicted octanol–water partition coefficient (Wildman–Crippen LogP) is 3.62. The Morgan fingerprint density at radius 3 is 2.60 bits per heavy atom. The van der Waals surface area contributed by atoms with E-state index in [0.29, 0.717) is 13.1 Å². The van der Waals surface area contributed by atoms with E-state index in [4.69, 9.17) is 0 Å². The standard InChI is InChI=1S/C13H17F3N2.C2H6/c1-2-10-4-3-5-11(8-10)18-7-6-17-12(9-18)13(14,15)16;1-2/h3-5,8,12,17H,2,6-7,9H2,1H3;1-2H3. The summed E-state index contributed by atoms with van der Waals surface area (Å²) in [4.78, 5) is 1.80. The predicted molar refractivity (Wildman–Crippen MR) is 77.2 cm³/mol. The van der Waals surface area contributed by atoms with E-state index in [2.05, 4.69) is 5.32 Å². The highest BCUT2D eigenvalue weighted by Gasteiger charge is 2.41. The van der Waals surface area contributed by atoms with E-state index in [0.717, 1.165) is 17.7 Å². The van der Waals surface area contributed by atoms with Crippen molar-refractivity contribution in [3.63, 3.8) is 0 Å². The second-order valence-electron chi connectivity index (χ2n) is 4.52. The summed E-state index contributed by atoms with van der Waals surface area (Å²) in [6.45, 7) is 6.99. The lowest BCUT2D eigenvalue weighted by atomic mass is 10.1. The largest absolute Gasteiger partial charge is 0.405 e. The van der Waals surface area contributed by atoms with Gasteiger partial charge in [0, 0.05) is 25.3 Å². The topological polar surface area (TPSA) is 15.3 Å². The van der Waals surface area contributed by atoms with Crippen LogP contribution in [0.4, 0.5) is 18.9 Å². The molecule has 1 aliphatic rings. The third-order valence-electron chi connectivity index (χ3n) is 3.25. The summed E-state index contributed by atoms with van der Waals surface area (Å²) in [6, 6.07) is 6.30. The molecule has 0 saturated carbocycles. The Kier molecular flexibility index (Phi) is 6.33. The van der Waals surface area contributed by atoms with Crippen molar-refractivity contribution in [2.75, 3.05) is 24.5 Å². The quantitative estimate of drug-likeness (QED) is 0.894. The number of nitrogens with zero attached hydrogens (tertiary/aromatic N) is 1. The van der Waals surface area contributed by atoms with Gasteiger partial charge in [-0.2, -0.15) is 13.2 Å². The van der Waals surface area contributed by atoms with Crippen LogP contribution in [0.25, 0.3) is 0 Å². The van der Waals surface area contributed by atoms with Gasteiger partial charge < -0.3 is 10.2 Å². The van der Waals surface area contributed by atoms with Crippen LogP contribution < -0.4 is 10.2 Å². The minimum absolute atomic E-state index is 0.0172. The molecule has 2 nitrogen and oxygen atoms in total. The van der Waals surface area contributed by atoms with Gasteiger partial charge in [0.1, 0.15) is 6.04 Å². The summed E-state index contributed by atoms with van der Waals surface area (Å²) in [7, 11) is 0. The van der Waals surface area contributed by atoms with Crippen molar-refractivity contribution in [3.05, 3.63) is 29.8 Å². The summed E-state index contributed by atoms with van der Waals surface area (Å²) in [5, 5.41) is 2.52. The second-order valence-corrected chi connectivity index (χ2v) is 4.52. The minimum Gasteiger partial charge on any atom is -0.368 e. The number of piperazine rings is 1. The van der Waals surface area contributed by atoms with E-state index < -0.39 is 12.2 Å². The molecule has 5 heteroatoms. The average molecular weight is 288 g/mol. The molecule has 1 aromatic carbocycles. The number of halogens is 3. The van der Waals surface area contributed by atoms with Crippen LogP contribution in [-0.2, 0) is 6.42 Å². The summed E-state index contributed by atoms with van der Waals surface area (Å²) >= 11 is 0. The highest BCUT2D eigenvalue weighted by Crippen LogP contribution is 2.25. The highest BCUT2D eigenvalue weighted by molar-refractivity contribution is 5.49. The van der Waals surface area contributed by atoms with E-state index in [9.17, 15) is 13.2 Å². The van der Waals surface area contributed by atoms with Crippen molar-refractivity contribution in [3.8, 4) is 0 Å². The molecular weight excluding hydrogens is 265 g/mol. The smallest absolute Gasteiger partial charge is 0.368 e. The molecule has 0 aromatic heterocycles. The molecule has 1 atom stereocenters. The van der Waals surface area contributed by atoms with Gasteiger partial charge in [-0.05, 0) is 24.1 Å². The number of aryl methyl sites for hydroxylation is 1. The van der Waals surface area contributed by atoms with Crippen LogP contribution in [0, 0.1) is 0 Å². The number of nitrogens with one attached hydrogen (secondary N) is 1. The van der Waals surface area contributed by atoms with Gasteiger partial charge in [0.2, 0.25) is 0 Å². The average Bonchev–Trinajstić information content (AvgIpc) is 2.49. The van der Waals surface area contributed by atoms with Gasteiger partial charge in [-0.1, -0.05) is 32.9 Å². The van der Waals surface area contributed by atoms with Gasteiger partial charge in [-0.15, -0.1) is 0 Å². The van der Waals surface area contributed by atoms with Gasteiger partial charge >= 0.3 is 6.18 Å². The Morgan fingerprint density at radius 2 is 2.00 bits per heavy atom. The molecule has 2 rings (SSSR count). The lowest BCUT2D eigenvalue weighted by Crippen LogP contribution is -2.57. The Hall–Kier alpha value is -1.23. The van der Waals surface area contributed by atoms with Crippen molar-refractivity contribution in [2.24, 2.45) is 0 Å². The van der Waals surface area contributed by atoms with Gasteiger partial charge in [-0.25, -0.2) is 0 Å². The van der Waals surface area contributed by atoms with Gasteiger partial charge in [-0.3, -0.25) is 0 Å². The number of alkyl halides is 3. The maximum Gasteiger partial charge on any atom is 0.405 e. The summed E-state index contributed by atoms with van der Waals surface area (Å²) < 4.78 is 38.1. The number of hydrogen-bond acceptors (Lipinski definition) is 2. The van der Waals surface area contributed by atoms with E-state index in [1.54, 1.807) is 4.90 Å². The van der Waals surface area contributed by atoms with Gasteiger partial charge in [0.25, 0.3) is 0 Å². The van der Waals surface area contributed by atoms with Crippen LogP contribution in [0.5, 0.6) is 0 Å². The van der Waals surface area contributed by atoms with Crippen LogP contribution in [0.2, 0.25) is 0 Å². The van der Waals surface area contributed by atoms with Crippen molar-refractivity contribution < 1.29 is 13.2 Å². The number of rotatable bonds is 2. The summed E-state index contributed by atoms with van der Waals surface area (Å²) in [5.74, 6) is 0. The fraction of sp³-hybridized carbons (Fsp3) is 0.600. The number of benzene rings is 1. The Labute approximate surface area is 119 Å². The zero-order valence-corrected chi connectivity index (χ0v) is 12.3. The fourth-order valence-corrected chi connectivity index (χ4v) is 2.18. The molecule has 1 heterocycles. The third kappa shape index (κ3) is 4.40. The molecule has 0 aliphatic carbocycles. The fourth-order valence-electron chi connectivity index (χ4n) is 2.18. The van der Waals surface area contributed by atoms with Crippen LogP contribution >= 0.6 is 0 Å². The Balaban J connectivity index is 0.000000956. The second kappa shape index (κ2) is 7.53. The van der Waals surface area contributed by atoms with E-state index in [-0.39, 0.29) is 6.54 Å². The normalized spacial score (nSPS) is 19.3. The Bertz CT molecular complexity index is 404. The molecule has 1 unspecified atom stereocenters. The first-order valence-electron chi connectivity index (χ1n) is 7.14. The minimum atomic E-state index is -4.18. The monoisotopic (exact) mass is 288 g/mol. The van der Waals surface area contributed by atoms with Crippen LogP contribution in [-0.4, -0.2) is 31.9 Å². The van der Waals surface area contributed by atoms with Crippen LogP contribution in [0.1, 0.15) is 26.3 Å². The van der Waals surface area contributed by atoms with Crippen molar-refractivity contribution >= 4 is 5.69 Å².